The highest BCUT2D eigenvalue weighted by Crippen LogP contribution is 2.37. The molecule has 6 heteroatoms. The number of aromatic nitrogens is 3. The third-order valence-electron chi connectivity index (χ3n) is 4.36. The minimum atomic E-state index is -0.157. The van der Waals surface area contributed by atoms with E-state index in [1.165, 1.54) is 0 Å². The first-order valence-electron chi connectivity index (χ1n) is 7.51. The van der Waals surface area contributed by atoms with E-state index in [-0.39, 0.29) is 17.8 Å². The van der Waals surface area contributed by atoms with Crippen LogP contribution < -0.4 is 5.32 Å². The van der Waals surface area contributed by atoms with E-state index in [4.69, 9.17) is 0 Å². The molecule has 1 aliphatic carbocycles. The summed E-state index contributed by atoms with van der Waals surface area (Å²) in [5.74, 6) is 1.94. The van der Waals surface area contributed by atoms with Gasteiger partial charge in [-0.2, -0.15) is 0 Å². The van der Waals surface area contributed by atoms with Crippen LogP contribution >= 0.6 is 0 Å². The van der Waals surface area contributed by atoms with Crippen molar-refractivity contribution in [3.05, 3.63) is 11.6 Å². The van der Waals surface area contributed by atoms with Crippen LogP contribution in [0.4, 0.5) is 0 Å². The van der Waals surface area contributed by atoms with Crippen LogP contribution in [0.5, 0.6) is 0 Å². The van der Waals surface area contributed by atoms with Gasteiger partial charge >= 0.3 is 0 Å². The van der Waals surface area contributed by atoms with Crippen molar-refractivity contribution in [2.75, 3.05) is 13.1 Å². The molecule has 110 valence electrons. The number of hydrogen-bond donors (Lipinski definition) is 2. The Morgan fingerprint density at radius 3 is 2.75 bits per heavy atom. The number of nitrogens with zero attached hydrogens (tertiary/aromatic N) is 3. The van der Waals surface area contributed by atoms with Crippen molar-refractivity contribution in [1.82, 2.24) is 25.4 Å². The quantitative estimate of drug-likeness (QED) is 0.865. The van der Waals surface area contributed by atoms with Gasteiger partial charge in [-0.05, 0) is 32.6 Å². The monoisotopic (exact) mass is 277 g/mol. The van der Waals surface area contributed by atoms with Gasteiger partial charge in [-0.3, -0.25) is 14.8 Å². The van der Waals surface area contributed by atoms with Gasteiger partial charge in [0.1, 0.15) is 5.82 Å². The standard InChI is InChI=1S/C14H23N5O/c1-8(2)19-6-9(3)11(7-19)15-14(20)13-16-12(17-18-13)10-4-5-10/h8-11H,4-7H2,1-3H3,(H,15,20)(H,16,17,18). The van der Waals surface area contributed by atoms with Crippen molar-refractivity contribution in [2.24, 2.45) is 5.92 Å². The molecular weight excluding hydrogens is 254 g/mol. The summed E-state index contributed by atoms with van der Waals surface area (Å²) in [6.07, 6.45) is 2.30. The number of carbonyl (C=O) groups excluding carboxylic acids is 1. The second-order valence-corrected chi connectivity index (χ2v) is 6.42. The van der Waals surface area contributed by atoms with Gasteiger partial charge in [0, 0.05) is 31.1 Å². The van der Waals surface area contributed by atoms with E-state index in [0.717, 1.165) is 31.8 Å². The maximum Gasteiger partial charge on any atom is 0.291 e. The zero-order chi connectivity index (χ0) is 14.3. The zero-order valence-corrected chi connectivity index (χ0v) is 12.4. The topological polar surface area (TPSA) is 73.9 Å². The van der Waals surface area contributed by atoms with E-state index in [2.05, 4.69) is 46.2 Å². The largest absolute Gasteiger partial charge is 0.345 e. The molecule has 0 spiro atoms. The number of nitrogens with one attached hydrogen (secondary N) is 2. The number of carbonyl (C=O) groups is 1. The van der Waals surface area contributed by atoms with Crippen LogP contribution in [0.25, 0.3) is 0 Å². The lowest BCUT2D eigenvalue weighted by Crippen LogP contribution is -2.41. The summed E-state index contributed by atoms with van der Waals surface area (Å²) in [4.78, 5) is 18.9. The van der Waals surface area contributed by atoms with Crippen molar-refractivity contribution in [2.45, 2.75) is 51.6 Å². The van der Waals surface area contributed by atoms with Crippen molar-refractivity contribution in [3.63, 3.8) is 0 Å². The highest BCUT2D eigenvalue weighted by Gasteiger charge is 2.33. The van der Waals surface area contributed by atoms with Crippen molar-refractivity contribution < 1.29 is 4.79 Å². The molecule has 6 nitrogen and oxygen atoms in total. The molecule has 2 heterocycles. The summed E-state index contributed by atoms with van der Waals surface area (Å²) < 4.78 is 0. The Bertz CT molecular complexity index is 494. The van der Waals surface area contributed by atoms with Crippen LogP contribution in [-0.2, 0) is 0 Å². The molecule has 1 amide bonds. The molecule has 2 N–H and O–H groups in total. The van der Waals surface area contributed by atoms with Crippen molar-refractivity contribution in [1.29, 1.82) is 0 Å². The molecule has 2 fully saturated rings. The minimum absolute atomic E-state index is 0.157. The average molecular weight is 277 g/mol. The number of aromatic amines is 1. The molecule has 0 radical (unpaired) electrons. The molecule has 1 aromatic rings. The van der Waals surface area contributed by atoms with E-state index < -0.39 is 0 Å². The van der Waals surface area contributed by atoms with E-state index in [1.807, 2.05) is 0 Å². The van der Waals surface area contributed by atoms with Crippen LogP contribution in [0.3, 0.4) is 0 Å². The first-order chi connectivity index (χ1) is 9.54. The third-order valence-corrected chi connectivity index (χ3v) is 4.36. The van der Waals surface area contributed by atoms with Gasteiger partial charge in [0.05, 0.1) is 0 Å². The Labute approximate surface area is 119 Å². The van der Waals surface area contributed by atoms with Crippen LogP contribution in [-0.4, -0.2) is 51.2 Å². The van der Waals surface area contributed by atoms with Gasteiger partial charge in [-0.25, -0.2) is 4.98 Å². The molecule has 20 heavy (non-hydrogen) atoms. The van der Waals surface area contributed by atoms with Gasteiger partial charge in [-0.15, -0.1) is 5.10 Å². The molecule has 1 saturated heterocycles. The first-order valence-corrected chi connectivity index (χ1v) is 7.51. The van der Waals surface area contributed by atoms with Crippen molar-refractivity contribution in [3.8, 4) is 0 Å². The van der Waals surface area contributed by atoms with E-state index in [1.54, 1.807) is 0 Å². The summed E-state index contributed by atoms with van der Waals surface area (Å²) >= 11 is 0. The highest BCUT2D eigenvalue weighted by molar-refractivity contribution is 5.90. The predicted octanol–water partition coefficient (Wildman–Crippen LogP) is 1.14. The lowest BCUT2D eigenvalue weighted by molar-refractivity contribution is 0.0920. The fourth-order valence-electron chi connectivity index (χ4n) is 2.76. The second-order valence-electron chi connectivity index (χ2n) is 6.42. The Morgan fingerprint density at radius 1 is 1.40 bits per heavy atom. The molecule has 1 aromatic heterocycles. The predicted molar refractivity (Wildman–Crippen MR) is 75.5 cm³/mol. The molecule has 3 rings (SSSR count). The van der Waals surface area contributed by atoms with E-state index >= 15 is 0 Å². The number of rotatable bonds is 4. The Morgan fingerprint density at radius 2 is 2.15 bits per heavy atom. The maximum absolute atomic E-state index is 12.2. The van der Waals surface area contributed by atoms with Crippen LogP contribution in [0.2, 0.25) is 0 Å². The molecule has 1 saturated carbocycles. The summed E-state index contributed by atoms with van der Waals surface area (Å²) in [5, 5.41) is 9.99. The normalized spacial score (nSPS) is 27.2. The zero-order valence-electron chi connectivity index (χ0n) is 12.4. The van der Waals surface area contributed by atoms with E-state index in [0.29, 0.717) is 17.9 Å². The number of hydrogen-bond acceptors (Lipinski definition) is 4. The fourth-order valence-corrected chi connectivity index (χ4v) is 2.76. The molecule has 0 bridgehead atoms. The van der Waals surface area contributed by atoms with Gasteiger partial charge < -0.3 is 5.32 Å². The third kappa shape index (κ3) is 2.70. The Kier molecular flexibility index (Phi) is 3.50. The molecular formula is C14H23N5O. The maximum atomic E-state index is 12.2. The summed E-state index contributed by atoms with van der Waals surface area (Å²) in [6.45, 7) is 8.50. The lowest BCUT2D eigenvalue weighted by atomic mass is 10.1. The van der Waals surface area contributed by atoms with E-state index in [9.17, 15) is 4.79 Å². The Balaban J connectivity index is 1.60. The molecule has 2 aliphatic rings. The van der Waals surface area contributed by atoms with Crippen LogP contribution in [0, 0.1) is 5.92 Å². The first kappa shape index (κ1) is 13.5. The number of amides is 1. The SMILES string of the molecule is CC1CN(C(C)C)CC1NC(=O)c1n[nH]c(C2CC2)n1. The molecule has 1 aliphatic heterocycles. The molecule has 2 unspecified atom stereocenters. The summed E-state index contributed by atoms with van der Waals surface area (Å²) in [7, 11) is 0. The van der Waals surface area contributed by atoms with Gasteiger partial charge in [-0.1, -0.05) is 6.92 Å². The second kappa shape index (κ2) is 5.16. The fraction of sp³-hybridized carbons (Fsp3) is 0.786. The molecule has 2 atom stereocenters. The van der Waals surface area contributed by atoms with Crippen LogP contribution in [0.15, 0.2) is 0 Å². The minimum Gasteiger partial charge on any atom is -0.345 e. The molecule has 0 aromatic carbocycles. The summed E-state index contributed by atoms with van der Waals surface area (Å²) in [5.41, 5.74) is 0. The Hall–Kier alpha value is -1.43. The van der Waals surface area contributed by atoms with Gasteiger partial charge in [0.15, 0.2) is 0 Å². The van der Waals surface area contributed by atoms with Crippen molar-refractivity contribution >= 4 is 5.91 Å². The van der Waals surface area contributed by atoms with Crippen LogP contribution in [0.1, 0.15) is 56.0 Å². The van der Waals surface area contributed by atoms with Gasteiger partial charge in [0.25, 0.3) is 5.91 Å². The lowest BCUT2D eigenvalue weighted by Gasteiger charge is -2.20. The van der Waals surface area contributed by atoms with Gasteiger partial charge in [0.2, 0.25) is 5.82 Å². The number of H-pyrrole nitrogens is 1. The average Bonchev–Trinajstić information content (AvgIpc) is 3.01. The smallest absolute Gasteiger partial charge is 0.291 e. The summed E-state index contributed by atoms with van der Waals surface area (Å²) in [6, 6.07) is 0.706. The highest BCUT2D eigenvalue weighted by atomic mass is 16.2. The number of likely N-dealkylation sites (tertiary alicyclic amines) is 1.